The van der Waals surface area contributed by atoms with Gasteiger partial charge >= 0.3 is 0 Å². The maximum atomic E-state index is 14.1. The first-order chi connectivity index (χ1) is 30.9. The summed E-state index contributed by atoms with van der Waals surface area (Å²) in [7, 11) is 3.15. The second-order valence-corrected chi connectivity index (χ2v) is 18.5. The molecule has 65 heavy (non-hydrogen) atoms. The van der Waals surface area contributed by atoms with Crippen LogP contribution in [0, 0.1) is 12.3 Å². The Balaban J connectivity index is 0.933. The summed E-state index contributed by atoms with van der Waals surface area (Å²) in [5, 5.41) is 36.2. The van der Waals surface area contributed by atoms with Crippen LogP contribution in [0.4, 0.5) is 0 Å². The number of phenolic OH excluding ortho intramolecular Hbond substituents is 1. The number of aliphatic hydroxyl groups is 1. The molecule has 2 aliphatic rings. The lowest BCUT2D eigenvalue weighted by atomic mass is 9.85. The summed E-state index contributed by atoms with van der Waals surface area (Å²) in [6, 6.07) is 16.2. The molecule has 0 bridgehead atoms. The standard InChI is InChI=1S/C47H52N8O9S/c1-25-40(65-24-50-25)28-9-7-26(8-10-28)21-48-44(61)36-19-31(56)23-55(36)46(63)41(47(2,3)4)52-39(58)22-49-42(59)30-12-11-27-14-16-34(33(27)17-30)51-43(60)35-20-38(64-53-35)29-13-15-32(37(57)18-29)45(62)54(5)6/h7-13,15,17-18,20,24,31,34,36,41,56-57H,14,16,19,21-23H2,1-6H3,(H,48,61)(H,49,59)(H,51,60)(H,52,58)/t31-,34-,36+,41?/m1/s1. The predicted molar refractivity (Wildman–Crippen MR) is 241 cm³/mol. The molecule has 5 aromatic rings. The Bertz CT molecular complexity index is 2630. The van der Waals surface area contributed by atoms with E-state index in [4.69, 9.17) is 4.52 Å². The van der Waals surface area contributed by atoms with Crippen molar-refractivity contribution < 1.29 is 43.5 Å². The minimum atomic E-state index is -1.09. The van der Waals surface area contributed by atoms with E-state index in [0.29, 0.717) is 18.4 Å². The Morgan fingerprint density at radius 2 is 1.69 bits per heavy atom. The highest BCUT2D eigenvalue weighted by Crippen LogP contribution is 2.34. The van der Waals surface area contributed by atoms with E-state index in [1.165, 1.54) is 28.0 Å². The van der Waals surface area contributed by atoms with Gasteiger partial charge in [0.25, 0.3) is 17.7 Å². The summed E-state index contributed by atoms with van der Waals surface area (Å²) in [6.45, 7) is 6.94. The average molecular weight is 905 g/mol. The number of carbonyl (C=O) groups excluding carboxylic acids is 6. The maximum absolute atomic E-state index is 14.1. The molecule has 0 radical (unpaired) electrons. The molecule has 18 heteroatoms. The molecule has 17 nitrogen and oxygen atoms in total. The van der Waals surface area contributed by atoms with E-state index in [9.17, 15) is 39.0 Å². The van der Waals surface area contributed by atoms with Gasteiger partial charge in [0.1, 0.15) is 17.8 Å². The molecule has 3 aromatic carbocycles. The fourth-order valence-electron chi connectivity index (χ4n) is 8.01. The van der Waals surface area contributed by atoms with Gasteiger partial charge in [0.15, 0.2) is 11.5 Å². The average Bonchev–Trinajstić information content (AvgIpc) is 4.10. The number of nitrogens with one attached hydrogen (secondary N) is 4. The van der Waals surface area contributed by atoms with Crippen molar-refractivity contribution in [1.82, 2.24) is 41.2 Å². The highest BCUT2D eigenvalue weighted by molar-refractivity contribution is 7.13. The number of aromatic nitrogens is 2. The quantitative estimate of drug-likeness (QED) is 0.0983. The number of aryl methyl sites for hydroxylation is 2. The maximum Gasteiger partial charge on any atom is 0.273 e. The molecule has 1 fully saturated rings. The van der Waals surface area contributed by atoms with E-state index in [-0.39, 0.29) is 53.7 Å². The summed E-state index contributed by atoms with van der Waals surface area (Å²) in [6.07, 6.45) is 0.316. The molecular formula is C47H52N8O9S. The Labute approximate surface area is 379 Å². The number of thiazole rings is 1. The van der Waals surface area contributed by atoms with E-state index >= 15 is 0 Å². The third kappa shape index (κ3) is 10.4. The Hall–Kier alpha value is -6.92. The van der Waals surface area contributed by atoms with E-state index in [1.807, 2.05) is 31.2 Å². The molecule has 340 valence electrons. The first-order valence-electron chi connectivity index (χ1n) is 21.2. The lowest BCUT2D eigenvalue weighted by Gasteiger charge is -2.35. The third-order valence-corrected chi connectivity index (χ3v) is 12.6. The zero-order valence-electron chi connectivity index (χ0n) is 36.9. The molecule has 0 saturated carbocycles. The van der Waals surface area contributed by atoms with E-state index in [2.05, 4.69) is 31.4 Å². The van der Waals surface area contributed by atoms with Gasteiger partial charge in [-0.25, -0.2) is 4.98 Å². The normalized spacial score (nSPS) is 17.2. The zero-order valence-corrected chi connectivity index (χ0v) is 37.7. The third-order valence-electron chi connectivity index (χ3n) is 11.6. The van der Waals surface area contributed by atoms with E-state index in [1.54, 1.807) is 76.0 Å². The van der Waals surface area contributed by atoms with Crippen LogP contribution >= 0.6 is 11.3 Å². The second kappa shape index (κ2) is 19.0. The monoisotopic (exact) mass is 904 g/mol. The molecule has 2 aromatic heterocycles. The van der Waals surface area contributed by atoms with Crippen LogP contribution in [0.15, 0.2) is 76.8 Å². The molecule has 1 aliphatic heterocycles. The molecular weight excluding hydrogens is 853 g/mol. The van der Waals surface area contributed by atoms with Crippen molar-refractivity contribution in [1.29, 1.82) is 0 Å². The largest absolute Gasteiger partial charge is 0.507 e. The van der Waals surface area contributed by atoms with Gasteiger partial charge in [-0.3, -0.25) is 28.8 Å². The van der Waals surface area contributed by atoms with Crippen LogP contribution in [-0.4, -0.2) is 111 Å². The molecule has 1 unspecified atom stereocenters. The molecule has 6 amide bonds. The first kappa shape index (κ1) is 46.1. The van der Waals surface area contributed by atoms with E-state index < -0.39 is 65.7 Å². The Kier molecular flexibility index (Phi) is 13.5. The lowest BCUT2D eigenvalue weighted by molar-refractivity contribution is -0.143. The first-order valence-corrected chi connectivity index (χ1v) is 22.0. The van der Waals surface area contributed by atoms with Crippen molar-refractivity contribution in [3.63, 3.8) is 0 Å². The van der Waals surface area contributed by atoms with Gasteiger partial charge in [-0.05, 0) is 71.7 Å². The van der Waals surface area contributed by atoms with Gasteiger partial charge in [0, 0.05) is 50.8 Å². The summed E-state index contributed by atoms with van der Waals surface area (Å²) in [5.74, 6) is -3.06. The van der Waals surface area contributed by atoms with Crippen LogP contribution in [0.1, 0.15) is 93.2 Å². The molecule has 7 rings (SSSR count). The number of hydrogen-bond donors (Lipinski definition) is 6. The lowest BCUT2D eigenvalue weighted by Crippen LogP contribution is -2.58. The SMILES string of the molecule is Cc1ncsc1-c1ccc(CNC(=O)[C@@H]2C[C@@H](O)CN2C(=O)C(NC(=O)CNC(=O)c2ccc3c(c2)[C@H](NC(=O)c2cc(-c4ccc(C(=O)N(C)C)c(O)c4)on2)CC3)C(C)(C)C)cc1. The van der Waals surface area contributed by atoms with Gasteiger partial charge in [0.2, 0.25) is 17.7 Å². The summed E-state index contributed by atoms with van der Waals surface area (Å²) < 4.78 is 5.39. The predicted octanol–water partition coefficient (Wildman–Crippen LogP) is 4.14. The van der Waals surface area contributed by atoms with Crippen molar-refractivity contribution >= 4 is 46.8 Å². The number of carbonyl (C=O) groups is 6. The van der Waals surface area contributed by atoms with Gasteiger partial charge < -0.3 is 45.8 Å². The number of likely N-dealkylation sites (tertiary alicyclic amines) is 1. The van der Waals surface area contributed by atoms with Gasteiger partial charge in [0.05, 0.1) is 40.3 Å². The van der Waals surface area contributed by atoms with Crippen molar-refractivity contribution in [2.75, 3.05) is 27.2 Å². The topological polar surface area (TPSA) is 236 Å². The van der Waals surface area contributed by atoms with Crippen LogP contribution < -0.4 is 21.3 Å². The fourth-order valence-corrected chi connectivity index (χ4v) is 8.82. The van der Waals surface area contributed by atoms with Crippen molar-refractivity contribution in [2.45, 2.75) is 77.7 Å². The number of nitrogens with zero attached hydrogens (tertiary/aromatic N) is 4. The number of benzene rings is 3. The minimum absolute atomic E-state index is 0.00621. The number of aromatic hydroxyl groups is 1. The van der Waals surface area contributed by atoms with Crippen molar-refractivity contribution in [2.24, 2.45) is 5.41 Å². The number of hydrogen-bond acceptors (Lipinski definition) is 12. The Morgan fingerprint density at radius 1 is 0.954 bits per heavy atom. The second-order valence-electron chi connectivity index (χ2n) is 17.6. The molecule has 6 N–H and O–H groups in total. The van der Waals surface area contributed by atoms with Gasteiger partial charge in [-0.1, -0.05) is 62.3 Å². The van der Waals surface area contributed by atoms with Gasteiger partial charge in [-0.2, -0.15) is 0 Å². The molecule has 1 aliphatic carbocycles. The van der Waals surface area contributed by atoms with Gasteiger partial charge in [-0.15, -0.1) is 11.3 Å². The smallest absolute Gasteiger partial charge is 0.273 e. The molecule has 0 spiro atoms. The minimum Gasteiger partial charge on any atom is -0.507 e. The summed E-state index contributed by atoms with van der Waals surface area (Å²) in [5.41, 5.74) is 6.26. The van der Waals surface area contributed by atoms with Crippen molar-refractivity contribution in [3.8, 4) is 27.5 Å². The zero-order chi connectivity index (χ0) is 46.7. The molecule has 3 heterocycles. The van der Waals surface area contributed by atoms with Crippen LogP contribution in [0.25, 0.3) is 21.8 Å². The highest BCUT2D eigenvalue weighted by Gasteiger charge is 2.44. The van der Waals surface area contributed by atoms with Crippen LogP contribution in [-0.2, 0) is 27.3 Å². The van der Waals surface area contributed by atoms with Crippen molar-refractivity contribution in [3.05, 3.63) is 111 Å². The summed E-state index contributed by atoms with van der Waals surface area (Å²) in [4.78, 5) is 88.0. The highest BCUT2D eigenvalue weighted by atomic mass is 32.1. The number of β-amino-alcohol motifs (C(OH)–C–C–N with tert-alkyl or cyclic N) is 1. The van der Waals surface area contributed by atoms with Crippen LogP contribution in [0.5, 0.6) is 5.75 Å². The van der Waals surface area contributed by atoms with Crippen LogP contribution in [0.2, 0.25) is 0 Å². The Morgan fingerprint density at radius 3 is 2.37 bits per heavy atom. The van der Waals surface area contributed by atoms with Crippen LogP contribution in [0.3, 0.4) is 0 Å². The number of rotatable bonds is 13. The molecule has 1 saturated heterocycles. The number of amides is 6. The number of aliphatic hydroxyl groups excluding tert-OH is 1. The number of fused-ring (bicyclic) bond motifs is 1. The van der Waals surface area contributed by atoms with E-state index in [0.717, 1.165) is 32.8 Å². The fraction of sp³-hybridized carbons (Fsp3) is 0.362. The summed E-state index contributed by atoms with van der Waals surface area (Å²) >= 11 is 1.55. The molecule has 4 atom stereocenters. The number of phenols is 1.